The predicted molar refractivity (Wildman–Crippen MR) is 71.4 cm³/mol. The van der Waals surface area contributed by atoms with Gasteiger partial charge < -0.3 is 5.32 Å². The molecule has 1 heterocycles. The van der Waals surface area contributed by atoms with Gasteiger partial charge in [0.05, 0.1) is 11.7 Å². The first-order valence-corrected chi connectivity index (χ1v) is 6.99. The number of nitrogens with one attached hydrogen (secondary N) is 1. The zero-order valence-corrected chi connectivity index (χ0v) is 11.5. The number of hydrogen-bond donors (Lipinski definition) is 1. The van der Waals surface area contributed by atoms with E-state index in [1.807, 2.05) is 0 Å². The Bertz CT molecular complexity index is 353. The van der Waals surface area contributed by atoms with E-state index in [-0.39, 0.29) is 5.54 Å². The van der Waals surface area contributed by atoms with E-state index < -0.39 is 0 Å². The first-order chi connectivity index (χ1) is 8.11. The molecular formula is C13H22ClN3. The Morgan fingerprint density at radius 3 is 2.82 bits per heavy atom. The standard InChI is InChI=1S/C13H22ClN3/c1-13(2,10-14)15-9-11-7-8-17(16-11)12-5-3-4-6-12/h7-8,12,15H,3-6,9-10H2,1-2H3. The molecule has 1 aromatic heterocycles. The molecule has 17 heavy (non-hydrogen) atoms. The van der Waals surface area contributed by atoms with Crippen LogP contribution in [0.15, 0.2) is 12.3 Å². The van der Waals surface area contributed by atoms with Crippen LogP contribution in [0, 0.1) is 0 Å². The highest BCUT2D eigenvalue weighted by atomic mass is 35.5. The number of halogens is 1. The summed E-state index contributed by atoms with van der Waals surface area (Å²) in [6.07, 6.45) is 7.36. The number of nitrogens with zero attached hydrogens (tertiary/aromatic N) is 2. The SMILES string of the molecule is CC(C)(CCl)NCc1ccn(C2CCCC2)n1. The molecule has 0 amide bonds. The minimum Gasteiger partial charge on any atom is -0.305 e. The molecule has 0 aromatic carbocycles. The van der Waals surface area contributed by atoms with Gasteiger partial charge in [0.1, 0.15) is 0 Å². The summed E-state index contributed by atoms with van der Waals surface area (Å²) >= 11 is 5.88. The van der Waals surface area contributed by atoms with Crippen LogP contribution < -0.4 is 5.32 Å². The highest BCUT2D eigenvalue weighted by Gasteiger charge is 2.19. The van der Waals surface area contributed by atoms with Gasteiger partial charge in [-0.05, 0) is 32.8 Å². The average Bonchev–Trinajstić information content (AvgIpc) is 2.97. The van der Waals surface area contributed by atoms with Gasteiger partial charge in [0, 0.05) is 24.2 Å². The van der Waals surface area contributed by atoms with Gasteiger partial charge in [-0.25, -0.2) is 0 Å². The Morgan fingerprint density at radius 1 is 1.47 bits per heavy atom. The second kappa shape index (κ2) is 5.40. The van der Waals surface area contributed by atoms with Gasteiger partial charge in [0.2, 0.25) is 0 Å². The highest BCUT2D eigenvalue weighted by molar-refractivity contribution is 6.18. The molecule has 1 saturated carbocycles. The van der Waals surface area contributed by atoms with Crippen molar-refractivity contribution in [1.29, 1.82) is 0 Å². The second-order valence-electron chi connectivity index (χ2n) is 5.60. The fourth-order valence-corrected chi connectivity index (χ4v) is 2.32. The van der Waals surface area contributed by atoms with Crippen LogP contribution in [0.2, 0.25) is 0 Å². The maximum absolute atomic E-state index is 5.88. The third kappa shape index (κ3) is 3.46. The molecule has 4 heteroatoms. The van der Waals surface area contributed by atoms with Gasteiger partial charge in [-0.1, -0.05) is 12.8 Å². The molecule has 96 valence electrons. The molecule has 1 aliphatic carbocycles. The third-order valence-electron chi connectivity index (χ3n) is 3.44. The molecule has 2 rings (SSSR count). The van der Waals surface area contributed by atoms with E-state index in [0.717, 1.165) is 12.2 Å². The predicted octanol–water partition coefficient (Wildman–Crippen LogP) is 3.11. The van der Waals surface area contributed by atoms with Crippen molar-refractivity contribution in [3.8, 4) is 0 Å². The molecular weight excluding hydrogens is 234 g/mol. The first kappa shape index (κ1) is 12.9. The molecule has 0 spiro atoms. The van der Waals surface area contributed by atoms with Crippen LogP contribution in [0.1, 0.15) is 51.3 Å². The lowest BCUT2D eigenvalue weighted by Gasteiger charge is -2.22. The van der Waals surface area contributed by atoms with Crippen LogP contribution in [0.3, 0.4) is 0 Å². The van der Waals surface area contributed by atoms with Crippen molar-refractivity contribution in [2.24, 2.45) is 0 Å². The quantitative estimate of drug-likeness (QED) is 0.820. The zero-order valence-electron chi connectivity index (χ0n) is 10.7. The highest BCUT2D eigenvalue weighted by Crippen LogP contribution is 2.28. The van der Waals surface area contributed by atoms with E-state index >= 15 is 0 Å². The van der Waals surface area contributed by atoms with Crippen LogP contribution in [0.4, 0.5) is 0 Å². The molecule has 0 saturated heterocycles. The van der Waals surface area contributed by atoms with E-state index in [2.05, 4.69) is 41.2 Å². The summed E-state index contributed by atoms with van der Waals surface area (Å²) in [6.45, 7) is 5.00. The smallest absolute Gasteiger partial charge is 0.0762 e. The normalized spacial score (nSPS) is 17.8. The van der Waals surface area contributed by atoms with Crippen molar-refractivity contribution in [3.63, 3.8) is 0 Å². The van der Waals surface area contributed by atoms with E-state index in [1.165, 1.54) is 25.7 Å². The molecule has 1 fully saturated rings. The lowest BCUT2D eigenvalue weighted by Crippen LogP contribution is -2.40. The Balaban J connectivity index is 1.90. The lowest BCUT2D eigenvalue weighted by molar-refractivity contribution is 0.417. The lowest BCUT2D eigenvalue weighted by atomic mass is 10.1. The molecule has 0 bridgehead atoms. The summed E-state index contributed by atoms with van der Waals surface area (Å²) in [5, 5.41) is 8.06. The number of rotatable bonds is 5. The van der Waals surface area contributed by atoms with E-state index in [4.69, 9.17) is 11.6 Å². The van der Waals surface area contributed by atoms with Gasteiger partial charge in [0.25, 0.3) is 0 Å². The maximum Gasteiger partial charge on any atom is 0.0762 e. The summed E-state index contributed by atoms with van der Waals surface area (Å²) in [5.41, 5.74) is 1.08. The number of hydrogen-bond acceptors (Lipinski definition) is 2. The first-order valence-electron chi connectivity index (χ1n) is 6.46. The molecule has 0 atom stereocenters. The van der Waals surface area contributed by atoms with Crippen molar-refractivity contribution in [1.82, 2.24) is 15.1 Å². The fourth-order valence-electron chi connectivity index (χ4n) is 2.22. The maximum atomic E-state index is 5.88. The van der Waals surface area contributed by atoms with E-state index in [1.54, 1.807) is 0 Å². The van der Waals surface area contributed by atoms with Crippen molar-refractivity contribution < 1.29 is 0 Å². The fraction of sp³-hybridized carbons (Fsp3) is 0.769. The van der Waals surface area contributed by atoms with Crippen molar-refractivity contribution >= 4 is 11.6 Å². The average molecular weight is 256 g/mol. The van der Waals surface area contributed by atoms with Gasteiger partial charge in [-0.2, -0.15) is 5.10 Å². The topological polar surface area (TPSA) is 29.9 Å². The van der Waals surface area contributed by atoms with E-state index in [0.29, 0.717) is 11.9 Å². The Kier molecular flexibility index (Phi) is 4.10. The number of aromatic nitrogens is 2. The second-order valence-corrected chi connectivity index (χ2v) is 5.86. The molecule has 0 radical (unpaired) electrons. The molecule has 0 aliphatic heterocycles. The van der Waals surface area contributed by atoms with E-state index in [9.17, 15) is 0 Å². The summed E-state index contributed by atoms with van der Waals surface area (Å²) in [4.78, 5) is 0. The zero-order chi connectivity index (χ0) is 12.3. The van der Waals surface area contributed by atoms with Gasteiger partial charge >= 0.3 is 0 Å². The minimum atomic E-state index is -0.0291. The van der Waals surface area contributed by atoms with Crippen molar-refractivity contribution in [2.75, 3.05) is 5.88 Å². The van der Waals surface area contributed by atoms with Crippen LogP contribution in [-0.2, 0) is 6.54 Å². The Labute approximate surface area is 109 Å². The van der Waals surface area contributed by atoms with Crippen LogP contribution >= 0.6 is 11.6 Å². The van der Waals surface area contributed by atoms with Gasteiger partial charge in [0.15, 0.2) is 0 Å². The molecule has 1 aromatic rings. The van der Waals surface area contributed by atoms with Crippen molar-refractivity contribution in [2.45, 2.75) is 57.7 Å². The van der Waals surface area contributed by atoms with Gasteiger partial charge in [-0.3, -0.25) is 4.68 Å². The Morgan fingerprint density at radius 2 is 2.18 bits per heavy atom. The molecule has 0 unspecified atom stereocenters. The van der Waals surface area contributed by atoms with Crippen LogP contribution in [0.25, 0.3) is 0 Å². The Hall–Kier alpha value is -0.540. The van der Waals surface area contributed by atoms with Crippen LogP contribution in [0.5, 0.6) is 0 Å². The summed E-state index contributed by atoms with van der Waals surface area (Å²) < 4.78 is 2.14. The summed E-state index contributed by atoms with van der Waals surface area (Å²) in [7, 11) is 0. The third-order valence-corrected chi connectivity index (χ3v) is 4.11. The molecule has 1 aliphatic rings. The van der Waals surface area contributed by atoms with Crippen molar-refractivity contribution in [3.05, 3.63) is 18.0 Å². The van der Waals surface area contributed by atoms with Gasteiger partial charge in [-0.15, -0.1) is 11.6 Å². The summed E-state index contributed by atoms with van der Waals surface area (Å²) in [5.74, 6) is 0.607. The summed E-state index contributed by atoms with van der Waals surface area (Å²) in [6, 6.07) is 2.74. The van der Waals surface area contributed by atoms with Crippen LogP contribution in [-0.4, -0.2) is 21.2 Å². The monoisotopic (exact) mass is 255 g/mol. The molecule has 1 N–H and O–H groups in total. The minimum absolute atomic E-state index is 0.0291. The largest absolute Gasteiger partial charge is 0.305 e. The molecule has 3 nitrogen and oxygen atoms in total. The number of alkyl halides is 1.